The fourth-order valence-corrected chi connectivity index (χ4v) is 2.95. The topological polar surface area (TPSA) is 59.3 Å². The summed E-state index contributed by atoms with van der Waals surface area (Å²) in [5, 5.41) is 8.90. The predicted molar refractivity (Wildman–Crippen MR) is 93.3 cm³/mol. The Kier molecular flexibility index (Phi) is 5.40. The highest BCUT2D eigenvalue weighted by molar-refractivity contribution is 6.74. The zero-order valence-corrected chi connectivity index (χ0v) is 15.6. The van der Waals surface area contributed by atoms with Crippen molar-refractivity contribution >= 4 is 14.3 Å². The van der Waals surface area contributed by atoms with Crippen molar-refractivity contribution in [2.24, 2.45) is 0 Å². The molecule has 23 heavy (non-hydrogen) atoms. The van der Waals surface area contributed by atoms with Crippen LogP contribution in [0.15, 0.2) is 36.4 Å². The molecule has 0 saturated carbocycles. The first-order valence-corrected chi connectivity index (χ1v) is 10.3. The van der Waals surface area contributed by atoms with Crippen LogP contribution in [0.3, 0.4) is 0 Å². The lowest BCUT2D eigenvalue weighted by atomic mass is 10.0. The highest BCUT2D eigenvalue weighted by Crippen LogP contribution is 2.41. The van der Waals surface area contributed by atoms with Crippen LogP contribution in [0.25, 0.3) is 0 Å². The van der Waals surface area contributed by atoms with Crippen molar-refractivity contribution < 1.29 is 15.3 Å². The number of hydrogen-bond donors (Lipinski definition) is 0. The van der Waals surface area contributed by atoms with E-state index in [1.807, 2.05) is 0 Å². The summed E-state index contributed by atoms with van der Waals surface area (Å²) in [5.41, 5.74) is 1.40. The first-order chi connectivity index (χ1) is 11.1. The van der Waals surface area contributed by atoms with Crippen LogP contribution in [0, 0.1) is 11.3 Å². The summed E-state index contributed by atoms with van der Waals surface area (Å²) in [7, 11) is -0.922. The van der Waals surface area contributed by atoms with Gasteiger partial charge in [0.05, 0.1) is 25.7 Å². The third kappa shape index (κ3) is 4.53. The molecule has 0 aliphatic rings. The molecular formula is C18H25NO3Si. The Hall–Kier alpha value is -1.90. The summed E-state index contributed by atoms with van der Waals surface area (Å²) in [6, 6.07) is 8.93. The molecule has 1 aromatic carbocycles. The van der Waals surface area contributed by atoms with Crippen molar-refractivity contribution in [3.05, 3.63) is 47.5 Å². The molecule has 0 amide bonds. The normalized spacial score (nSPS) is 14.7. The number of esters is 1. The summed E-state index contributed by atoms with van der Waals surface area (Å²) in [5.74, 6) is -0.585. The third-order valence-corrected chi connectivity index (χ3v) is 8.70. The van der Waals surface area contributed by atoms with Crippen LogP contribution < -0.4 is 0 Å². The van der Waals surface area contributed by atoms with Crippen LogP contribution >= 0.6 is 0 Å². The van der Waals surface area contributed by atoms with Gasteiger partial charge >= 0.3 is 5.97 Å². The molecule has 124 valence electrons. The van der Waals surface area contributed by atoms with Crippen LogP contribution in [0.4, 0.5) is 0 Å². The van der Waals surface area contributed by atoms with Crippen LogP contribution in [0.2, 0.25) is 18.1 Å². The summed E-state index contributed by atoms with van der Waals surface area (Å²) < 4.78 is 18.8. The fraction of sp³-hybridized carbons (Fsp3) is 0.444. The second-order valence-electron chi connectivity index (χ2n) is 6.94. The molecule has 0 spiro atoms. The Morgan fingerprint density at radius 1 is 1.35 bits per heavy atom. The summed E-state index contributed by atoms with van der Waals surface area (Å²) >= 11 is 0. The highest BCUT2D eigenvalue weighted by atomic mass is 28.4. The van der Waals surface area contributed by atoms with Crippen molar-refractivity contribution in [2.75, 3.05) is 7.11 Å². The average Bonchev–Trinajstić information content (AvgIpc) is 2.53. The minimum atomic E-state index is -2.21. The largest absolute Gasteiger partial charge is 0.466 e. The summed E-state index contributed by atoms with van der Waals surface area (Å²) in [6.45, 7) is 11.5. The lowest BCUT2D eigenvalue weighted by Gasteiger charge is -2.39. The summed E-state index contributed by atoms with van der Waals surface area (Å²) in [6.07, 6.45) is -0.691. The van der Waals surface area contributed by atoms with E-state index in [2.05, 4.69) is 39.9 Å². The van der Waals surface area contributed by atoms with Gasteiger partial charge < -0.3 is 9.16 Å². The number of methoxy groups -OCH3 is 1. The minimum absolute atomic E-state index is 0.0545. The molecule has 0 aromatic heterocycles. The van der Waals surface area contributed by atoms with Gasteiger partial charge in [-0.1, -0.05) is 39.5 Å². The van der Waals surface area contributed by atoms with Gasteiger partial charge in [-0.2, -0.15) is 5.26 Å². The van der Waals surface area contributed by atoms with Crippen LogP contribution in [-0.4, -0.2) is 21.4 Å². The number of hydrogen-bond acceptors (Lipinski definition) is 4. The number of benzene rings is 1. The zero-order valence-electron chi connectivity index (χ0n) is 15.6. The van der Waals surface area contributed by atoms with Crippen LogP contribution in [0.1, 0.15) is 39.4 Å². The van der Waals surface area contributed by atoms with Crippen molar-refractivity contribution in [3.63, 3.8) is 0 Å². The lowest BCUT2D eigenvalue weighted by Crippen LogP contribution is -2.42. The van der Waals surface area contributed by atoms with E-state index in [1.165, 1.54) is 7.11 Å². The molecule has 5 heteroatoms. The first-order valence-electron chi connectivity index (χ1n) is 7.99. The van der Waals surface area contributed by atoms with E-state index in [4.69, 9.17) is 15.8 Å². The number of nitriles is 1. The van der Waals surface area contributed by atoms with E-state index in [9.17, 15) is 4.79 Å². The first kappa shape index (κ1) is 17.5. The number of carbonyl (C=O) groups excluding carboxylic acids is 1. The third-order valence-electron chi connectivity index (χ3n) is 4.26. The van der Waals surface area contributed by atoms with E-state index in [1.54, 1.807) is 24.3 Å². The molecule has 0 fully saturated rings. The van der Waals surface area contributed by atoms with Crippen molar-refractivity contribution in [1.82, 2.24) is 0 Å². The maximum atomic E-state index is 12.1. The Morgan fingerprint density at radius 2 is 1.91 bits per heavy atom. The van der Waals surface area contributed by atoms with E-state index in [-0.39, 0.29) is 10.6 Å². The molecular weight excluding hydrogens is 306 g/mol. The molecule has 1 rings (SSSR count). The smallest absolute Gasteiger partial charge is 0.336 e. The van der Waals surface area contributed by atoms with Gasteiger partial charge in [0.25, 0.3) is 0 Å². The Labute approximate surface area is 141 Å². The number of nitrogens with zero attached hydrogens (tertiary/aromatic N) is 1. The van der Waals surface area contributed by atoms with E-state index in [0.717, 1.165) is 12.1 Å². The van der Waals surface area contributed by atoms with Crippen molar-refractivity contribution in [3.8, 4) is 6.07 Å². The van der Waals surface area contributed by atoms with Gasteiger partial charge in [0.1, 0.15) is 6.10 Å². The molecule has 0 bridgehead atoms. The number of carbonyl (C=O) groups is 1. The van der Waals surface area contributed by atoms with Gasteiger partial charge in [-0.25, -0.2) is 4.79 Å². The quantitative estimate of drug-likeness (QED) is 0.457. The lowest BCUT2D eigenvalue weighted by molar-refractivity contribution is -0.137. The molecule has 1 aromatic rings. The van der Waals surface area contributed by atoms with E-state index >= 15 is 0 Å². The minimum Gasteiger partial charge on any atom is -0.466 e. The Morgan fingerprint density at radius 3 is 2.30 bits per heavy atom. The summed E-state index contributed by atoms with van der Waals surface area (Å²) in [4.78, 5) is 12.1. The highest BCUT2D eigenvalue weighted by Gasteiger charge is 2.40. The van der Waals surface area contributed by atoms with Crippen molar-refractivity contribution in [1.29, 1.82) is 5.26 Å². The Balaban J connectivity index is 3.36. The molecule has 0 unspecified atom stereocenters. The number of ether oxygens (including phenoxy) is 1. The average molecular weight is 332 g/mol. The fourth-order valence-electron chi connectivity index (χ4n) is 1.74. The monoisotopic (exact) mass is 332 g/mol. The van der Waals surface area contributed by atoms with Gasteiger partial charge in [0, 0.05) is 0 Å². The van der Waals surface area contributed by atoms with Gasteiger partial charge in [-0.15, -0.1) is 0 Å². The van der Waals surface area contributed by atoms with Crippen molar-refractivity contribution in [2.45, 2.75) is 45.0 Å². The number of rotatable bonds is 5. The molecule has 0 N–H and O–H groups in total. The molecule has 0 radical (unpaired) electrons. The molecule has 1 atom stereocenters. The van der Waals surface area contributed by atoms with Gasteiger partial charge in [-0.3, -0.25) is 0 Å². The second kappa shape index (κ2) is 7.11. The SMILES string of the molecule is [2H]C=C(C(=O)OC)[C@H](O[Si](C)(C)C(C)(C)C)c1ccc(C#N)cc1. The molecule has 0 aliphatic carbocycles. The Bertz CT molecular complexity index is 654. The van der Waals surface area contributed by atoms with Gasteiger partial charge in [0.2, 0.25) is 0 Å². The van der Waals surface area contributed by atoms with Gasteiger partial charge in [0.15, 0.2) is 8.32 Å². The molecule has 0 aliphatic heterocycles. The zero-order chi connectivity index (χ0) is 18.5. The predicted octanol–water partition coefficient (Wildman–Crippen LogP) is 4.35. The maximum absolute atomic E-state index is 12.1. The molecule has 0 heterocycles. The van der Waals surface area contributed by atoms with Gasteiger partial charge in [-0.05, 0) is 35.8 Å². The van der Waals surface area contributed by atoms with Crippen LogP contribution in [0.5, 0.6) is 0 Å². The standard InChI is InChI=1S/C18H25NO3Si/c1-13(17(20)21-5)16(22-23(6,7)18(2,3)4)15-10-8-14(12-19)9-11-15/h8-11,16H,1H2,2-7H3/t16-/m0/s1/i1D. The molecule has 4 nitrogen and oxygen atoms in total. The van der Waals surface area contributed by atoms with Crippen LogP contribution in [-0.2, 0) is 14.0 Å². The van der Waals surface area contributed by atoms with E-state index in [0.29, 0.717) is 5.56 Å². The maximum Gasteiger partial charge on any atom is 0.336 e. The second-order valence-corrected chi connectivity index (χ2v) is 11.7. The molecule has 0 saturated heterocycles. The van der Waals surface area contributed by atoms with E-state index < -0.39 is 20.4 Å².